The van der Waals surface area contributed by atoms with Crippen molar-refractivity contribution in [3.05, 3.63) is 28.8 Å². The van der Waals surface area contributed by atoms with Gasteiger partial charge >= 0.3 is 0 Å². The summed E-state index contributed by atoms with van der Waals surface area (Å²) >= 11 is 0. The first kappa shape index (κ1) is 12.0. The lowest BCUT2D eigenvalue weighted by atomic mass is 10.2. The Balaban J connectivity index is 2.05. The molecule has 6 nitrogen and oxygen atoms in total. The number of aromatic nitrogens is 2. The number of hydrogen-bond acceptors (Lipinski definition) is 5. The van der Waals surface area contributed by atoms with Crippen molar-refractivity contribution in [3.63, 3.8) is 0 Å². The third-order valence-corrected chi connectivity index (χ3v) is 3.61. The van der Waals surface area contributed by atoms with Gasteiger partial charge in [-0.3, -0.25) is 4.79 Å². The molecule has 1 aromatic heterocycles. The molecule has 1 aliphatic heterocycles. The van der Waals surface area contributed by atoms with Gasteiger partial charge in [-0.2, -0.15) is 0 Å². The summed E-state index contributed by atoms with van der Waals surface area (Å²) in [5.41, 5.74) is 8.07. The summed E-state index contributed by atoms with van der Waals surface area (Å²) in [4.78, 5) is 20.6. The highest BCUT2D eigenvalue weighted by atomic mass is 16.5. The van der Waals surface area contributed by atoms with Crippen molar-refractivity contribution in [2.24, 2.45) is 0 Å². The number of fused-ring (bicyclic) bond motifs is 1. The minimum atomic E-state index is -0.167. The molecule has 1 aromatic carbocycles. The van der Waals surface area contributed by atoms with Crippen molar-refractivity contribution in [3.8, 4) is 0 Å². The van der Waals surface area contributed by atoms with Crippen LogP contribution in [0.3, 0.4) is 0 Å². The minimum Gasteiger partial charge on any atom is -0.397 e. The minimum absolute atomic E-state index is 0.167. The molecule has 0 saturated carbocycles. The fourth-order valence-corrected chi connectivity index (χ4v) is 2.53. The smallest absolute Gasteiger partial charge is 0.258 e. The summed E-state index contributed by atoms with van der Waals surface area (Å²) in [6.07, 6.45) is 2.63. The predicted octanol–water partition coefficient (Wildman–Crippen LogP) is 0.730. The third kappa shape index (κ3) is 2.04. The molecule has 1 fully saturated rings. The SMILES string of the molecule is COC1CCN(c2cc3nc[nH]c(=O)c3cc2N)C1. The van der Waals surface area contributed by atoms with Crippen LogP contribution >= 0.6 is 0 Å². The van der Waals surface area contributed by atoms with E-state index in [-0.39, 0.29) is 11.7 Å². The van der Waals surface area contributed by atoms with E-state index < -0.39 is 0 Å². The van der Waals surface area contributed by atoms with Gasteiger partial charge in [0.15, 0.2) is 0 Å². The highest BCUT2D eigenvalue weighted by molar-refractivity contribution is 5.88. The van der Waals surface area contributed by atoms with Crippen LogP contribution in [0.4, 0.5) is 11.4 Å². The summed E-state index contributed by atoms with van der Waals surface area (Å²) in [6, 6.07) is 3.56. The van der Waals surface area contributed by atoms with Gasteiger partial charge in [-0.25, -0.2) is 4.98 Å². The van der Waals surface area contributed by atoms with E-state index in [0.717, 1.165) is 25.2 Å². The number of aromatic amines is 1. The van der Waals surface area contributed by atoms with Gasteiger partial charge in [-0.1, -0.05) is 0 Å². The summed E-state index contributed by atoms with van der Waals surface area (Å²) < 4.78 is 5.36. The number of anilines is 2. The van der Waals surface area contributed by atoms with E-state index in [1.165, 1.54) is 6.33 Å². The molecule has 1 aliphatic rings. The van der Waals surface area contributed by atoms with Crippen LogP contribution in [0.1, 0.15) is 6.42 Å². The van der Waals surface area contributed by atoms with Gasteiger partial charge < -0.3 is 20.4 Å². The number of methoxy groups -OCH3 is 1. The number of rotatable bonds is 2. The molecule has 100 valence electrons. The van der Waals surface area contributed by atoms with Crippen LogP contribution in [0.15, 0.2) is 23.3 Å². The molecule has 0 spiro atoms. The molecular weight excluding hydrogens is 244 g/mol. The number of benzene rings is 1. The maximum Gasteiger partial charge on any atom is 0.258 e. The van der Waals surface area contributed by atoms with E-state index in [4.69, 9.17) is 10.5 Å². The first-order valence-electron chi connectivity index (χ1n) is 6.23. The zero-order valence-electron chi connectivity index (χ0n) is 10.7. The Morgan fingerprint density at radius 2 is 2.37 bits per heavy atom. The fraction of sp³-hybridized carbons (Fsp3) is 0.385. The summed E-state index contributed by atoms with van der Waals surface area (Å²) in [6.45, 7) is 1.72. The predicted molar refractivity (Wildman–Crippen MR) is 74.4 cm³/mol. The number of hydrogen-bond donors (Lipinski definition) is 2. The van der Waals surface area contributed by atoms with Gasteiger partial charge in [0.2, 0.25) is 0 Å². The second-order valence-electron chi connectivity index (χ2n) is 4.75. The standard InChI is InChI=1S/C13H16N4O2/c1-19-8-2-3-17(6-8)12-5-11-9(4-10(12)14)13(18)16-7-15-11/h4-5,7-8H,2-3,6,14H2,1H3,(H,15,16,18). The lowest BCUT2D eigenvalue weighted by Gasteiger charge is -2.20. The van der Waals surface area contributed by atoms with Gasteiger partial charge in [0.05, 0.1) is 34.7 Å². The van der Waals surface area contributed by atoms with Crippen molar-refractivity contribution >= 4 is 22.3 Å². The molecule has 0 radical (unpaired) electrons. The molecule has 6 heteroatoms. The van der Waals surface area contributed by atoms with Crippen LogP contribution in [-0.2, 0) is 4.74 Å². The maximum atomic E-state index is 11.7. The number of H-pyrrole nitrogens is 1. The zero-order valence-corrected chi connectivity index (χ0v) is 10.7. The molecule has 19 heavy (non-hydrogen) atoms. The van der Waals surface area contributed by atoms with Gasteiger partial charge in [-0.05, 0) is 18.6 Å². The van der Waals surface area contributed by atoms with Crippen molar-refractivity contribution in [2.75, 3.05) is 30.8 Å². The van der Waals surface area contributed by atoms with E-state index in [1.54, 1.807) is 13.2 Å². The topological polar surface area (TPSA) is 84.2 Å². The van der Waals surface area contributed by atoms with Gasteiger partial charge in [-0.15, -0.1) is 0 Å². The van der Waals surface area contributed by atoms with E-state index in [9.17, 15) is 4.79 Å². The van der Waals surface area contributed by atoms with Gasteiger partial charge in [0, 0.05) is 20.2 Å². The van der Waals surface area contributed by atoms with Crippen molar-refractivity contribution in [1.29, 1.82) is 0 Å². The molecule has 2 aromatic rings. The van der Waals surface area contributed by atoms with Crippen molar-refractivity contribution < 1.29 is 4.74 Å². The highest BCUT2D eigenvalue weighted by Crippen LogP contribution is 2.30. The number of nitrogens with zero attached hydrogens (tertiary/aromatic N) is 2. The van der Waals surface area contributed by atoms with Gasteiger partial charge in [0.25, 0.3) is 5.56 Å². The van der Waals surface area contributed by atoms with Crippen LogP contribution in [0.5, 0.6) is 0 Å². The van der Waals surface area contributed by atoms with Gasteiger partial charge in [0.1, 0.15) is 0 Å². The Morgan fingerprint density at radius 1 is 1.53 bits per heavy atom. The maximum absolute atomic E-state index is 11.7. The molecule has 1 unspecified atom stereocenters. The van der Waals surface area contributed by atoms with Crippen LogP contribution < -0.4 is 16.2 Å². The Labute approximate surface area is 110 Å². The van der Waals surface area contributed by atoms with Crippen LogP contribution in [0.25, 0.3) is 10.9 Å². The number of ether oxygens (including phenoxy) is 1. The average Bonchev–Trinajstić information content (AvgIpc) is 2.88. The van der Waals surface area contributed by atoms with E-state index in [2.05, 4.69) is 14.9 Å². The Kier molecular flexibility index (Phi) is 2.87. The Morgan fingerprint density at radius 3 is 3.11 bits per heavy atom. The second kappa shape index (κ2) is 4.55. The molecule has 0 aliphatic carbocycles. The van der Waals surface area contributed by atoms with Crippen LogP contribution in [0.2, 0.25) is 0 Å². The van der Waals surface area contributed by atoms with Crippen LogP contribution in [0, 0.1) is 0 Å². The number of nitrogens with one attached hydrogen (secondary N) is 1. The molecule has 1 saturated heterocycles. The molecule has 1 atom stereocenters. The molecule has 0 amide bonds. The lowest BCUT2D eigenvalue weighted by molar-refractivity contribution is 0.121. The lowest BCUT2D eigenvalue weighted by Crippen LogP contribution is -2.23. The highest BCUT2D eigenvalue weighted by Gasteiger charge is 2.24. The first-order chi connectivity index (χ1) is 9.19. The third-order valence-electron chi connectivity index (χ3n) is 3.61. The quantitative estimate of drug-likeness (QED) is 0.778. The average molecular weight is 260 g/mol. The van der Waals surface area contributed by atoms with E-state index in [1.807, 2.05) is 6.07 Å². The number of nitrogen functional groups attached to an aromatic ring is 1. The summed E-state index contributed by atoms with van der Waals surface area (Å²) in [5, 5.41) is 0.520. The Hall–Kier alpha value is -2.08. The van der Waals surface area contributed by atoms with Crippen molar-refractivity contribution in [1.82, 2.24) is 9.97 Å². The Bertz CT molecular complexity index is 667. The normalized spacial score (nSPS) is 19.2. The molecule has 0 bridgehead atoms. The second-order valence-corrected chi connectivity index (χ2v) is 4.75. The van der Waals surface area contributed by atoms with Crippen molar-refractivity contribution in [2.45, 2.75) is 12.5 Å². The monoisotopic (exact) mass is 260 g/mol. The summed E-state index contributed by atoms with van der Waals surface area (Å²) in [5.74, 6) is 0. The largest absolute Gasteiger partial charge is 0.397 e. The molecule has 2 heterocycles. The first-order valence-corrected chi connectivity index (χ1v) is 6.23. The number of nitrogens with two attached hydrogens (primary N) is 1. The van der Waals surface area contributed by atoms with E-state index >= 15 is 0 Å². The van der Waals surface area contributed by atoms with E-state index in [0.29, 0.717) is 16.6 Å². The summed E-state index contributed by atoms with van der Waals surface area (Å²) in [7, 11) is 1.72. The zero-order chi connectivity index (χ0) is 13.4. The molecule has 3 N–H and O–H groups in total. The van der Waals surface area contributed by atoms with Crippen LogP contribution in [-0.4, -0.2) is 36.3 Å². The molecule has 3 rings (SSSR count). The molecular formula is C13H16N4O2. The fourth-order valence-electron chi connectivity index (χ4n) is 2.53.